The summed E-state index contributed by atoms with van der Waals surface area (Å²) in [5, 5.41) is 0. The molecule has 0 radical (unpaired) electrons. The van der Waals surface area contributed by atoms with E-state index in [2.05, 4.69) is 53.6 Å². The highest BCUT2D eigenvalue weighted by Gasteiger charge is 2.33. The van der Waals surface area contributed by atoms with Gasteiger partial charge in [0.2, 0.25) is 0 Å². The third-order valence-electron chi connectivity index (χ3n) is 7.40. The summed E-state index contributed by atoms with van der Waals surface area (Å²) in [4.78, 5) is 35.9. The lowest BCUT2D eigenvalue weighted by molar-refractivity contribution is -0.143. The van der Waals surface area contributed by atoms with Crippen LogP contribution in [0.5, 0.6) is 0 Å². The second-order valence-corrected chi connectivity index (χ2v) is 12.8. The number of ether oxygens (including phenoxy) is 1. The molecule has 0 amide bonds. The molecule has 0 spiro atoms. The first-order valence-electron chi connectivity index (χ1n) is 13.8. The van der Waals surface area contributed by atoms with Gasteiger partial charge in [0.25, 0.3) is 5.56 Å². The maximum atomic E-state index is 14.1. The minimum atomic E-state index is -0.631. The van der Waals surface area contributed by atoms with Gasteiger partial charge in [-0.15, -0.1) is 11.8 Å². The molecule has 0 aliphatic carbocycles. The lowest BCUT2D eigenvalue weighted by Crippen LogP contribution is -2.40. The summed E-state index contributed by atoms with van der Waals surface area (Å²) in [5.74, 6) is -0.455. The standard InChI is InChI=1S/C33H36N4O3S2/c1-19(2)40-32(39)29-21(4)34-33-37(30(29)23-9-15-27(41-8)16-10-23)31(38)28(42-33)18-24-17-20(3)36(22(24)5)26-13-11-25(12-14-26)35(6)7/h9-19,30H,1-8H3/b28-18-/t30-/m1/s1. The van der Waals surface area contributed by atoms with Crippen LogP contribution in [-0.2, 0) is 9.53 Å². The highest BCUT2D eigenvalue weighted by Crippen LogP contribution is 2.32. The summed E-state index contributed by atoms with van der Waals surface area (Å²) >= 11 is 2.98. The molecular formula is C33H36N4O3S2. The highest BCUT2D eigenvalue weighted by molar-refractivity contribution is 7.98. The van der Waals surface area contributed by atoms with Crippen molar-refractivity contribution in [2.45, 2.75) is 51.7 Å². The lowest BCUT2D eigenvalue weighted by atomic mass is 9.96. The van der Waals surface area contributed by atoms with Gasteiger partial charge in [-0.2, -0.15) is 0 Å². The number of fused-ring (bicyclic) bond motifs is 1. The zero-order chi connectivity index (χ0) is 30.3. The molecule has 0 N–H and O–H groups in total. The fourth-order valence-corrected chi connectivity index (χ4v) is 6.78. The zero-order valence-corrected chi connectivity index (χ0v) is 26.9. The van der Waals surface area contributed by atoms with Crippen molar-refractivity contribution >= 4 is 40.8 Å². The van der Waals surface area contributed by atoms with Crippen LogP contribution in [-0.4, -0.2) is 41.6 Å². The van der Waals surface area contributed by atoms with Gasteiger partial charge in [-0.05, 0) is 101 Å². The van der Waals surface area contributed by atoms with Gasteiger partial charge in [0.1, 0.15) is 0 Å². The van der Waals surface area contributed by atoms with Crippen LogP contribution in [0.15, 0.2) is 80.5 Å². The minimum absolute atomic E-state index is 0.180. The van der Waals surface area contributed by atoms with Crippen molar-refractivity contribution in [1.82, 2.24) is 9.13 Å². The van der Waals surface area contributed by atoms with E-state index < -0.39 is 12.0 Å². The molecule has 0 saturated heterocycles. The van der Waals surface area contributed by atoms with Gasteiger partial charge >= 0.3 is 5.97 Å². The molecule has 2 aromatic heterocycles. The molecule has 1 aliphatic rings. The van der Waals surface area contributed by atoms with Gasteiger partial charge in [-0.1, -0.05) is 23.5 Å². The van der Waals surface area contributed by atoms with Crippen molar-refractivity contribution in [2.24, 2.45) is 4.99 Å². The number of allylic oxidation sites excluding steroid dienone is 1. The Hall–Kier alpha value is -3.82. The van der Waals surface area contributed by atoms with Crippen LogP contribution in [0.1, 0.15) is 49.3 Å². The van der Waals surface area contributed by atoms with Crippen LogP contribution in [0.3, 0.4) is 0 Å². The van der Waals surface area contributed by atoms with Crippen LogP contribution in [0.4, 0.5) is 5.69 Å². The SMILES string of the molecule is CSc1ccc([C@@H]2C(C(=O)OC(C)C)=C(C)N=c3s/c(=C\c4cc(C)n(-c5ccc(N(C)C)cc5)c4C)c(=O)n32)cc1. The van der Waals surface area contributed by atoms with E-state index >= 15 is 0 Å². The van der Waals surface area contributed by atoms with E-state index in [1.54, 1.807) is 16.3 Å². The van der Waals surface area contributed by atoms with Crippen molar-refractivity contribution in [3.8, 4) is 5.69 Å². The first-order chi connectivity index (χ1) is 20.0. The lowest BCUT2D eigenvalue weighted by Gasteiger charge is -2.25. The predicted molar refractivity (Wildman–Crippen MR) is 173 cm³/mol. The quantitative estimate of drug-likeness (QED) is 0.210. The number of rotatable bonds is 7. The Kier molecular flexibility index (Phi) is 8.35. The molecular weight excluding hydrogens is 565 g/mol. The third kappa shape index (κ3) is 5.51. The van der Waals surface area contributed by atoms with Gasteiger partial charge in [-0.3, -0.25) is 9.36 Å². The second kappa shape index (κ2) is 11.8. The topological polar surface area (TPSA) is 68.8 Å². The van der Waals surface area contributed by atoms with Gasteiger partial charge in [0, 0.05) is 41.8 Å². The Morgan fingerprint density at radius 2 is 1.74 bits per heavy atom. The number of carbonyl (C=O) groups excluding carboxylic acids is 1. The number of nitrogens with zero attached hydrogens (tertiary/aromatic N) is 4. The monoisotopic (exact) mass is 600 g/mol. The minimum Gasteiger partial charge on any atom is -0.459 e. The summed E-state index contributed by atoms with van der Waals surface area (Å²) < 4.78 is 10.0. The van der Waals surface area contributed by atoms with Crippen molar-refractivity contribution in [3.63, 3.8) is 0 Å². The zero-order valence-electron chi connectivity index (χ0n) is 25.3. The molecule has 42 heavy (non-hydrogen) atoms. The van der Waals surface area contributed by atoms with Crippen LogP contribution in [0.25, 0.3) is 11.8 Å². The van der Waals surface area contributed by atoms with Gasteiger partial charge in [-0.25, -0.2) is 9.79 Å². The van der Waals surface area contributed by atoms with E-state index in [1.165, 1.54) is 11.3 Å². The molecule has 5 rings (SSSR count). The van der Waals surface area contributed by atoms with Crippen LogP contribution in [0, 0.1) is 13.8 Å². The number of esters is 1. The number of thioether (sulfide) groups is 1. The number of aromatic nitrogens is 2. The molecule has 1 aliphatic heterocycles. The normalized spacial score (nSPS) is 15.2. The second-order valence-electron chi connectivity index (χ2n) is 10.9. The van der Waals surface area contributed by atoms with Crippen molar-refractivity contribution in [1.29, 1.82) is 0 Å². The average Bonchev–Trinajstić information content (AvgIpc) is 3.41. The summed E-state index contributed by atoms with van der Waals surface area (Å²) in [6, 6.07) is 17.9. The van der Waals surface area contributed by atoms with E-state index in [1.807, 2.05) is 71.5 Å². The van der Waals surface area contributed by atoms with Crippen LogP contribution < -0.4 is 19.8 Å². The van der Waals surface area contributed by atoms with Crippen LogP contribution in [0.2, 0.25) is 0 Å². The number of hydrogen-bond donors (Lipinski definition) is 0. The fraction of sp³-hybridized carbons (Fsp3) is 0.303. The van der Waals surface area contributed by atoms with E-state index in [4.69, 9.17) is 9.73 Å². The molecule has 0 unspecified atom stereocenters. The smallest absolute Gasteiger partial charge is 0.338 e. The Labute approximate surface area is 254 Å². The van der Waals surface area contributed by atoms with Crippen LogP contribution >= 0.6 is 23.1 Å². The first-order valence-corrected chi connectivity index (χ1v) is 15.9. The molecule has 0 fully saturated rings. The molecule has 2 aromatic carbocycles. The molecule has 9 heteroatoms. The molecule has 4 aromatic rings. The number of benzene rings is 2. The number of thiazole rings is 1. The van der Waals surface area contributed by atoms with E-state index in [9.17, 15) is 9.59 Å². The Morgan fingerprint density at radius 3 is 2.33 bits per heavy atom. The van der Waals surface area contributed by atoms with Gasteiger partial charge < -0.3 is 14.2 Å². The van der Waals surface area contributed by atoms with E-state index in [-0.39, 0.29) is 11.7 Å². The van der Waals surface area contributed by atoms with Crippen molar-refractivity contribution < 1.29 is 9.53 Å². The van der Waals surface area contributed by atoms with Gasteiger partial charge in [0.05, 0.1) is 27.9 Å². The van der Waals surface area contributed by atoms with Crippen molar-refractivity contribution in [2.75, 3.05) is 25.3 Å². The van der Waals surface area contributed by atoms with Crippen molar-refractivity contribution in [3.05, 3.63) is 108 Å². The Bertz CT molecular complexity index is 1860. The van der Waals surface area contributed by atoms with E-state index in [0.29, 0.717) is 20.6 Å². The Balaban J connectivity index is 1.65. The number of hydrogen-bond acceptors (Lipinski definition) is 7. The fourth-order valence-electron chi connectivity index (χ4n) is 5.33. The highest BCUT2D eigenvalue weighted by atomic mass is 32.2. The molecule has 0 saturated carbocycles. The number of carbonyl (C=O) groups is 1. The largest absolute Gasteiger partial charge is 0.459 e. The number of anilines is 1. The summed E-state index contributed by atoms with van der Waals surface area (Å²) in [6.07, 6.45) is 3.66. The molecule has 1 atom stereocenters. The molecule has 7 nitrogen and oxygen atoms in total. The molecule has 0 bridgehead atoms. The maximum Gasteiger partial charge on any atom is 0.338 e. The van der Waals surface area contributed by atoms with E-state index in [0.717, 1.165) is 38.8 Å². The molecule has 218 valence electrons. The molecule has 3 heterocycles. The van der Waals surface area contributed by atoms with Gasteiger partial charge in [0.15, 0.2) is 4.80 Å². The first kappa shape index (κ1) is 29.7. The third-order valence-corrected chi connectivity index (χ3v) is 9.12. The summed E-state index contributed by atoms with van der Waals surface area (Å²) in [6.45, 7) is 9.58. The predicted octanol–water partition coefficient (Wildman–Crippen LogP) is 5.38. The maximum absolute atomic E-state index is 14.1. The Morgan fingerprint density at radius 1 is 1.07 bits per heavy atom. The summed E-state index contributed by atoms with van der Waals surface area (Å²) in [5.41, 5.74) is 6.88. The average molecular weight is 601 g/mol. The summed E-state index contributed by atoms with van der Waals surface area (Å²) in [7, 11) is 4.05. The number of aryl methyl sites for hydroxylation is 1.